The van der Waals surface area contributed by atoms with E-state index in [2.05, 4.69) is 24.5 Å². The van der Waals surface area contributed by atoms with E-state index in [4.69, 9.17) is 4.74 Å². The zero-order valence-electron chi connectivity index (χ0n) is 15.4. The first-order valence-electron chi connectivity index (χ1n) is 8.94. The van der Waals surface area contributed by atoms with Gasteiger partial charge in [0.25, 0.3) is 0 Å². The van der Waals surface area contributed by atoms with Gasteiger partial charge in [0.15, 0.2) is 0 Å². The van der Waals surface area contributed by atoms with E-state index in [0.29, 0.717) is 12.5 Å². The quantitative estimate of drug-likeness (QED) is 0.783. The lowest BCUT2D eigenvalue weighted by molar-refractivity contribution is -0.126. The first-order valence-corrected chi connectivity index (χ1v) is 8.94. The number of alkyl carbamates (subject to hydrolysis) is 1. The van der Waals surface area contributed by atoms with Crippen LogP contribution in [-0.2, 0) is 9.53 Å². The van der Waals surface area contributed by atoms with Gasteiger partial charge in [-0.2, -0.15) is 0 Å². The van der Waals surface area contributed by atoms with Crippen LogP contribution in [0.25, 0.3) is 0 Å². The van der Waals surface area contributed by atoms with Gasteiger partial charge in [-0.1, -0.05) is 33.1 Å². The smallest absolute Gasteiger partial charge is 0.407 e. The molecule has 0 heterocycles. The van der Waals surface area contributed by atoms with E-state index in [1.54, 1.807) is 0 Å². The number of hydrogen-bond donors (Lipinski definition) is 2. The molecule has 1 aliphatic rings. The summed E-state index contributed by atoms with van der Waals surface area (Å²) in [4.78, 5) is 24.2. The van der Waals surface area contributed by atoms with Crippen molar-refractivity contribution in [2.75, 3.05) is 6.54 Å². The van der Waals surface area contributed by atoms with E-state index in [-0.39, 0.29) is 17.9 Å². The molecule has 1 saturated carbocycles. The minimum Gasteiger partial charge on any atom is -0.444 e. The molecule has 0 radical (unpaired) electrons. The minimum absolute atomic E-state index is 0.0996. The molecule has 0 bridgehead atoms. The lowest BCUT2D eigenvalue weighted by Gasteiger charge is -2.26. The van der Waals surface area contributed by atoms with Gasteiger partial charge in [-0.15, -0.1) is 0 Å². The average molecular weight is 326 g/mol. The van der Waals surface area contributed by atoms with Gasteiger partial charge in [-0.25, -0.2) is 4.79 Å². The van der Waals surface area contributed by atoms with Crippen LogP contribution < -0.4 is 10.6 Å². The third kappa shape index (κ3) is 8.82. The second-order valence-electron chi connectivity index (χ2n) is 8.05. The summed E-state index contributed by atoms with van der Waals surface area (Å²) in [6.45, 7) is 10.2. The second-order valence-corrected chi connectivity index (χ2v) is 8.05. The molecule has 0 saturated heterocycles. The molecule has 0 unspecified atom stereocenters. The monoisotopic (exact) mass is 326 g/mol. The fraction of sp³-hybridized carbons (Fsp3) is 0.889. The number of amides is 2. The van der Waals surface area contributed by atoms with E-state index >= 15 is 0 Å². The fourth-order valence-corrected chi connectivity index (χ4v) is 2.97. The summed E-state index contributed by atoms with van der Waals surface area (Å²) in [5, 5.41) is 5.90. The Morgan fingerprint density at radius 1 is 1.13 bits per heavy atom. The highest BCUT2D eigenvalue weighted by atomic mass is 16.6. The summed E-state index contributed by atoms with van der Waals surface area (Å²) in [5.74, 6) is 0.705. The van der Waals surface area contributed by atoms with Crippen molar-refractivity contribution in [3.05, 3.63) is 0 Å². The van der Waals surface area contributed by atoms with Gasteiger partial charge >= 0.3 is 6.09 Å². The molecule has 0 aromatic rings. The van der Waals surface area contributed by atoms with Gasteiger partial charge in [0.2, 0.25) is 5.91 Å². The molecule has 2 N–H and O–H groups in total. The van der Waals surface area contributed by atoms with Crippen molar-refractivity contribution in [1.82, 2.24) is 10.6 Å². The molecule has 1 atom stereocenters. The van der Waals surface area contributed by atoms with Crippen molar-refractivity contribution >= 4 is 12.0 Å². The fourth-order valence-electron chi connectivity index (χ4n) is 2.97. The highest BCUT2D eigenvalue weighted by Crippen LogP contribution is 2.23. The van der Waals surface area contributed by atoms with Gasteiger partial charge in [0, 0.05) is 18.5 Å². The molecular formula is C18H34N2O3. The first-order chi connectivity index (χ1) is 10.7. The summed E-state index contributed by atoms with van der Waals surface area (Å²) in [6, 6.07) is -0.0996. The molecule has 5 nitrogen and oxygen atoms in total. The molecule has 0 spiro atoms. The van der Waals surface area contributed by atoms with Gasteiger partial charge in [0.05, 0.1) is 0 Å². The summed E-state index contributed by atoms with van der Waals surface area (Å²) < 4.78 is 5.31. The molecule has 5 heteroatoms. The van der Waals surface area contributed by atoms with Gasteiger partial charge < -0.3 is 15.4 Å². The number of carbonyl (C=O) groups is 2. The maximum Gasteiger partial charge on any atom is 0.407 e. The Morgan fingerprint density at radius 2 is 1.74 bits per heavy atom. The molecule has 134 valence electrons. The Morgan fingerprint density at radius 3 is 2.26 bits per heavy atom. The van der Waals surface area contributed by atoms with Gasteiger partial charge in [-0.3, -0.25) is 4.79 Å². The van der Waals surface area contributed by atoms with Crippen LogP contribution in [0.2, 0.25) is 0 Å². The van der Waals surface area contributed by atoms with Crippen molar-refractivity contribution in [3.8, 4) is 0 Å². The predicted octanol–water partition coefficient (Wildman–Crippen LogP) is 3.62. The highest BCUT2D eigenvalue weighted by Gasteiger charge is 2.24. The van der Waals surface area contributed by atoms with Crippen molar-refractivity contribution < 1.29 is 14.3 Å². The SMILES string of the molecule is CC(C)C[C@@H](CNC(=O)C1CCCCC1)NC(=O)OC(C)(C)C. The number of hydrogen-bond acceptors (Lipinski definition) is 3. The van der Waals surface area contributed by atoms with Crippen molar-refractivity contribution in [2.45, 2.75) is 84.8 Å². The lowest BCUT2D eigenvalue weighted by Crippen LogP contribution is -2.47. The molecule has 2 amide bonds. The summed E-state index contributed by atoms with van der Waals surface area (Å²) >= 11 is 0. The highest BCUT2D eigenvalue weighted by molar-refractivity contribution is 5.78. The largest absolute Gasteiger partial charge is 0.444 e. The summed E-state index contributed by atoms with van der Waals surface area (Å²) in [7, 11) is 0. The predicted molar refractivity (Wildman–Crippen MR) is 92.2 cm³/mol. The van der Waals surface area contributed by atoms with E-state index in [0.717, 1.165) is 32.1 Å². The van der Waals surface area contributed by atoms with Gasteiger partial charge in [-0.05, 0) is 46.0 Å². The Kier molecular flexibility index (Phi) is 7.86. The van der Waals surface area contributed by atoms with Crippen LogP contribution in [0.3, 0.4) is 0 Å². The van der Waals surface area contributed by atoms with E-state index in [9.17, 15) is 9.59 Å². The average Bonchev–Trinajstić information content (AvgIpc) is 2.42. The van der Waals surface area contributed by atoms with Crippen LogP contribution in [-0.4, -0.2) is 30.2 Å². The summed E-state index contributed by atoms with van der Waals surface area (Å²) in [5.41, 5.74) is -0.516. The molecule has 0 aliphatic heterocycles. The molecule has 0 aromatic carbocycles. The zero-order valence-corrected chi connectivity index (χ0v) is 15.4. The van der Waals surface area contributed by atoms with Crippen molar-refractivity contribution in [3.63, 3.8) is 0 Å². The van der Waals surface area contributed by atoms with Crippen LogP contribution in [0, 0.1) is 11.8 Å². The van der Waals surface area contributed by atoms with Crippen molar-refractivity contribution in [2.24, 2.45) is 11.8 Å². The molecule has 0 aromatic heterocycles. The number of carbonyl (C=O) groups excluding carboxylic acids is 2. The Hall–Kier alpha value is -1.26. The maximum atomic E-state index is 12.2. The van der Waals surface area contributed by atoms with Crippen LogP contribution in [0.5, 0.6) is 0 Å². The maximum absolute atomic E-state index is 12.2. The minimum atomic E-state index is -0.516. The number of rotatable bonds is 6. The van der Waals surface area contributed by atoms with E-state index in [1.807, 2.05) is 20.8 Å². The Balaban J connectivity index is 2.46. The van der Waals surface area contributed by atoms with Crippen LogP contribution in [0.1, 0.15) is 73.1 Å². The van der Waals surface area contributed by atoms with Gasteiger partial charge in [0.1, 0.15) is 5.60 Å². The Bertz CT molecular complexity index is 382. The second kappa shape index (κ2) is 9.14. The number of nitrogens with one attached hydrogen (secondary N) is 2. The number of ether oxygens (including phenoxy) is 1. The normalized spacial score (nSPS) is 17.7. The summed E-state index contributed by atoms with van der Waals surface area (Å²) in [6.07, 6.45) is 5.88. The standard InChI is InChI=1S/C18H34N2O3/c1-13(2)11-15(20-17(22)23-18(3,4)5)12-19-16(21)14-9-7-6-8-10-14/h13-15H,6-12H2,1-5H3,(H,19,21)(H,20,22)/t15-/m0/s1. The van der Waals surface area contributed by atoms with Crippen LogP contribution in [0.4, 0.5) is 4.79 Å². The molecule has 1 rings (SSSR count). The lowest BCUT2D eigenvalue weighted by atomic mass is 9.88. The van der Waals surface area contributed by atoms with Crippen LogP contribution >= 0.6 is 0 Å². The third-order valence-corrected chi connectivity index (χ3v) is 3.98. The van der Waals surface area contributed by atoms with E-state index < -0.39 is 11.7 Å². The molecule has 1 fully saturated rings. The molecule has 23 heavy (non-hydrogen) atoms. The molecule has 1 aliphatic carbocycles. The van der Waals surface area contributed by atoms with Crippen LogP contribution in [0.15, 0.2) is 0 Å². The third-order valence-electron chi connectivity index (χ3n) is 3.98. The topological polar surface area (TPSA) is 67.4 Å². The first kappa shape index (κ1) is 19.8. The zero-order chi connectivity index (χ0) is 17.5. The van der Waals surface area contributed by atoms with E-state index in [1.165, 1.54) is 6.42 Å². The molecular weight excluding hydrogens is 292 g/mol. The van der Waals surface area contributed by atoms with Crippen molar-refractivity contribution in [1.29, 1.82) is 0 Å². The Labute approximate surface area is 140 Å².